The van der Waals surface area contributed by atoms with Crippen LogP contribution in [0.5, 0.6) is 11.5 Å². The zero-order chi connectivity index (χ0) is 35.2. The zero-order valence-electron chi connectivity index (χ0n) is 27.3. The van der Waals surface area contributed by atoms with Gasteiger partial charge in [-0.05, 0) is 87.9 Å². The fraction of sp³-hybridized carbons (Fsp3) is 0.353. The zero-order valence-corrected chi connectivity index (χ0v) is 29.0. The first-order chi connectivity index (χ1) is 23.0. The van der Waals surface area contributed by atoms with Gasteiger partial charge in [0.1, 0.15) is 32.9 Å². The lowest BCUT2D eigenvalue weighted by molar-refractivity contribution is -0.117. The predicted octanol–water partition coefficient (Wildman–Crippen LogP) is 4.50. The van der Waals surface area contributed by atoms with Crippen LogP contribution in [-0.2, 0) is 40.4 Å². The van der Waals surface area contributed by atoms with E-state index in [1.807, 2.05) is 30.3 Å². The number of carbonyl (C=O) groups excluding carboxylic acids is 2. The molecule has 2 aliphatic heterocycles. The molecule has 1 atom stereocenters. The number of benzene rings is 2. The van der Waals surface area contributed by atoms with Crippen molar-refractivity contribution in [2.24, 2.45) is 0 Å². The molecular formula is C34H36N4O9S2. The van der Waals surface area contributed by atoms with Gasteiger partial charge in [0.05, 0.1) is 16.9 Å². The number of alkyl carbamates (subject to hydrolysis) is 1. The van der Waals surface area contributed by atoms with Crippen LogP contribution < -0.4 is 15.4 Å². The highest BCUT2D eigenvalue weighted by Gasteiger charge is 2.52. The van der Waals surface area contributed by atoms with Crippen LogP contribution in [0.4, 0.5) is 4.79 Å². The second-order valence-electron chi connectivity index (χ2n) is 13.2. The molecule has 6 rings (SSSR count). The number of ketones is 1. The fourth-order valence-electron chi connectivity index (χ4n) is 5.84. The average molecular weight is 709 g/mol. The van der Waals surface area contributed by atoms with Crippen molar-refractivity contribution < 1.29 is 40.3 Å². The number of amides is 1. The van der Waals surface area contributed by atoms with E-state index in [0.717, 1.165) is 6.26 Å². The number of sulfone groups is 2. The number of para-hydroxylation sites is 1. The van der Waals surface area contributed by atoms with Gasteiger partial charge in [-0.3, -0.25) is 4.79 Å². The van der Waals surface area contributed by atoms with Crippen molar-refractivity contribution in [3.8, 4) is 11.5 Å². The molecule has 1 aromatic heterocycles. The summed E-state index contributed by atoms with van der Waals surface area (Å²) < 4.78 is 68.6. The molecule has 1 saturated carbocycles. The van der Waals surface area contributed by atoms with Gasteiger partial charge in [0.25, 0.3) is 0 Å². The molecule has 1 aliphatic carbocycles. The number of Topliss-reactive ketones (excluding diaryl/α,β-unsaturated/α-hetero) is 1. The van der Waals surface area contributed by atoms with E-state index >= 15 is 0 Å². The monoisotopic (exact) mass is 708 g/mol. The molecular weight excluding hydrogens is 673 g/mol. The molecule has 1 amide bonds. The van der Waals surface area contributed by atoms with Crippen LogP contribution in [0.1, 0.15) is 57.4 Å². The molecule has 49 heavy (non-hydrogen) atoms. The first-order valence-corrected chi connectivity index (χ1v) is 19.1. The van der Waals surface area contributed by atoms with E-state index in [2.05, 4.69) is 20.8 Å². The Bertz CT molecular complexity index is 2110. The maximum absolute atomic E-state index is 14.1. The Morgan fingerprint density at radius 2 is 1.73 bits per heavy atom. The number of nitrogens with zero attached hydrogens (tertiary/aromatic N) is 2. The van der Waals surface area contributed by atoms with Crippen LogP contribution in [0, 0.1) is 0 Å². The molecule has 15 heteroatoms. The lowest BCUT2D eigenvalue weighted by atomic mass is 9.84. The first-order valence-electron chi connectivity index (χ1n) is 15.6. The van der Waals surface area contributed by atoms with Gasteiger partial charge in [0.15, 0.2) is 25.5 Å². The Morgan fingerprint density at radius 3 is 2.35 bits per heavy atom. The molecule has 3 aliphatic rings. The molecule has 3 aromatic rings. The Hall–Kier alpha value is -4.76. The van der Waals surface area contributed by atoms with E-state index in [9.17, 15) is 26.4 Å². The Labute approximate surface area is 284 Å². The number of rotatable bonds is 8. The summed E-state index contributed by atoms with van der Waals surface area (Å²) in [4.78, 5) is 26.7. The standard InChI is InChI=1S/C34H36N4O9S2/c1-33(2,3)47-32(40)36-26-20-49(43,44)30-27(28(26)39)22(17-21-11-13-25(14-12-21)45-24-9-6-5-7-10-24)18-23(19-35-30)29-37-38-31(46-29)34(15-8-16-34)48(4,41)42/h5-7,9-14,18-19,26,35H,8,15-17,20H2,1-4H3,(H,36,40)/t26-/m0/s1. The summed E-state index contributed by atoms with van der Waals surface area (Å²) in [5.74, 6) is -0.218. The first kappa shape index (κ1) is 34.1. The van der Waals surface area contributed by atoms with Crippen LogP contribution >= 0.6 is 0 Å². The quantitative estimate of drug-likeness (QED) is 0.335. The van der Waals surface area contributed by atoms with Crippen LogP contribution in [0.15, 0.2) is 87.5 Å². The van der Waals surface area contributed by atoms with Gasteiger partial charge in [-0.1, -0.05) is 30.3 Å². The molecule has 2 N–H and O–H groups in total. The highest BCUT2D eigenvalue weighted by Crippen LogP contribution is 2.47. The van der Waals surface area contributed by atoms with Crippen molar-refractivity contribution >= 4 is 37.1 Å². The van der Waals surface area contributed by atoms with Gasteiger partial charge in [-0.2, -0.15) is 0 Å². The summed E-state index contributed by atoms with van der Waals surface area (Å²) >= 11 is 0. The van der Waals surface area contributed by atoms with Gasteiger partial charge in [-0.25, -0.2) is 21.6 Å². The lowest BCUT2D eigenvalue weighted by Crippen LogP contribution is -2.51. The van der Waals surface area contributed by atoms with Gasteiger partial charge in [-0.15, -0.1) is 10.2 Å². The summed E-state index contributed by atoms with van der Waals surface area (Å²) in [7, 11) is -7.74. The topological polar surface area (TPSA) is 184 Å². The van der Waals surface area contributed by atoms with E-state index in [4.69, 9.17) is 13.9 Å². The number of nitrogens with one attached hydrogen (secondary N) is 2. The van der Waals surface area contributed by atoms with E-state index in [-0.39, 0.29) is 40.0 Å². The average Bonchev–Trinajstić information content (AvgIpc) is 3.37. The Kier molecular flexibility index (Phi) is 8.77. The SMILES string of the molecule is CC(C)(C)OC(=O)N[C@H]1CS(=O)(=O)C2=C(C1=O)C(Cc1ccc(Oc3ccccc3)cc1)=CC(c1nnc(C3(S(C)(=O)=O)CCC3)o1)=CN2. The molecule has 258 valence electrons. The molecule has 0 unspecified atom stereocenters. The van der Waals surface area contributed by atoms with Crippen molar-refractivity contribution in [2.45, 2.75) is 62.8 Å². The molecule has 0 bridgehead atoms. The molecule has 3 heterocycles. The summed E-state index contributed by atoms with van der Waals surface area (Å²) in [6.45, 7) is 4.95. The van der Waals surface area contributed by atoms with Gasteiger partial charge in [0.2, 0.25) is 11.8 Å². The van der Waals surface area contributed by atoms with Gasteiger partial charge in [0, 0.05) is 12.5 Å². The predicted molar refractivity (Wildman–Crippen MR) is 180 cm³/mol. The highest BCUT2D eigenvalue weighted by atomic mass is 32.2. The van der Waals surface area contributed by atoms with Crippen molar-refractivity contribution in [1.82, 2.24) is 20.8 Å². The molecule has 0 spiro atoms. The van der Waals surface area contributed by atoms with Gasteiger partial charge >= 0.3 is 6.09 Å². The smallest absolute Gasteiger partial charge is 0.408 e. The second kappa shape index (κ2) is 12.6. The highest BCUT2D eigenvalue weighted by molar-refractivity contribution is 7.95. The van der Waals surface area contributed by atoms with Crippen LogP contribution in [0.2, 0.25) is 0 Å². The van der Waals surface area contributed by atoms with Crippen molar-refractivity contribution in [3.63, 3.8) is 0 Å². The normalized spacial score (nSPS) is 20.1. The minimum Gasteiger partial charge on any atom is -0.457 e. The Balaban J connectivity index is 1.38. The third kappa shape index (κ3) is 7.04. The Morgan fingerprint density at radius 1 is 1.06 bits per heavy atom. The minimum absolute atomic E-state index is 0.0478. The van der Waals surface area contributed by atoms with E-state index in [0.29, 0.717) is 36.3 Å². The van der Waals surface area contributed by atoms with Crippen molar-refractivity contribution in [1.29, 1.82) is 0 Å². The molecule has 0 saturated heterocycles. The summed E-state index contributed by atoms with van der Waals surface area (Å²) in [5, 5.41) is 13.1. The minimum atomic E-state index is -4.16. The second-order valence-corrected chi connectivity index (χ2v) is 17.5. The van der Waals surface area contributed by atoms with Crippen LogP contribution in [0.3, 0.4) is 0 Å². The van der Waals surface area contributed by atoms with Crippen LogP contribution in [0.25, 0.3) is 5.57 Å². The van der Waals surface area contributed by atoms with Crippen molar-refractivity contribution in [2.75, 3.05) is 12.0 Å². The summed E-state index contributed by atoms with van der Waals surface area (Å²) in [6.07, 6.45) is 4.53. The third-order valence-electron chi connectivity index (χ3n) is 8.42. The van der Waals surface area contributed by atoms with E-state index in [1.165, 1.54) is 6.20 Å². The van der Waals surface area contributed by atoms with Crippen molar-refractivity contribution in [3.05, 3.63) is 100 Å². The van der Waals surface area contributed by atoms with Crippen LogP contribution in [-0.4, -0.2) is 62.6 Å². The fourth-order valence-corrected chi connectivity index (χ4v) is 8.89. The van der Waals surface area contributed by atoms with Gasteiger partial charge < -0.3 is 24.5 Å². The molecule has 13 nitrogen and oxygen atoms in total. The van der Waals surface area contributed by atoms with E-state index < -0.39 is 53.7 Å². The maximum Gasteiger partial charge on any atom is 0.408 e. The van der Waals surface area contributed by atoms with E-state index in [1.54, 1.807) is 51.1 Å². The number of aromatic nitrogens is 2. The number of ether oxygens (including phenoxy) is 2. The largest absolute Gasteiger partial charge is 0.457 e. The summed E-state index contributed by atoms with van der Waals surface area (Å²) in [5.41, 5.74) is 0.203. The maximum atomic E-state index is 14.1. The molecule has 2 aromatic carbocycles. The number of hydrogen-bond donors (Lipinski definition) is 2. The number of hydrogen-bond acceptors (Lipinski definition) is 12. The number of carbonyl (C=O) groups is 2. The lowest BCUT2D eigenvalue weighted by Gasteiger charge is -2.36. The number of allylic oxidation sites excluding steroid dienone is 3. The molecule has 1 fully saturated rings. The summed E-state index contributed by atoms with van der Waals surface area (Å²) in [6, 6.07) is 14.9. The molecule has 0 radical (unpaired) electrons. The third-order valence-corrected chi connectivity index (χ3v) is 12.1.